The maximum atomic E-state index is 13.2. The van der Waals surface area contributed by atoms with Gasteiger partial charge in [-0.05, 0) is 106 Å². The van der Waals surface area contributed by atoms with E-state index in [0.29, 0.717) is 24.3 Å². The van der Waals surface area contributed by atoms with Gasteiger partial charge in [-0.1, -0.05) is 38.1 Å². The van der Waals surface area contributed by atoms with Gasteiger partial charge in [0, 0.05) is 46.4 Å². The molecule has 4 aromatic rings. The number of aryl methyl sites for hydroxylation is 1. The third-order valence-electron chi connectivity index (χ3n) is 7.97. The molecule has 0 atom stereocenters. The monoisotopic (exact) mass is 493 g/mol. The second-order valence-corrected chi connectivity index (χ2v) is 11.3. The number of carbonyl (C=O) groups excluding carboxylic acids is 1. The predicted molar refractivity (Wildman–Crippen MR) is 154 cm³/mol. The van der Waals surface area contributed by atoms with Crippen molar-refractivity contribution in [1.29, 1.82) is 0 Å². The number of nitrogens with one attached hydrogen (secondary N) is 1. The van der Waals surface area contributed by atoms with Crippen LogP contribution in [0.1, 0.15) is 74.5 Å². The summed E-state index contributed by atoms with van der Waals surface area (Å²) in [7, 11) is 0. The summed E-state index contributed by atoms with van der Waals surface area (Å²) in [6, 6.07) is 19.6. The number of benzene rings is 2. The van der Waals surface area contributed by atoms with Crippen LogP contribution in [0.3, 0.4) is 0 Å². The molecule has 4 heteroatoms. The minimum atomic E-state index is 0.269. The highest BCUT2D eigenvalue weighted by Crippen LogP contribution is 2.37. The van der Waals surface area contributed by atoms with Crippen LogP contribution < -0.4 is 0 Å². The highest BCUT2D eigenvalue weighted by atomic mass is 16.1. The molecule has 1 saturated heterocycles. The van der Waals surface area contributed by atoms with Gasteiger partial charge in [0.25, 0.3) is 0 Å². The molecule has 0 unspecified atom stereocenters. The third-order valence-corrected chi connectivity index (χ3v) is 7.97. The van der Waals surface area contributed by atoms with E-state index in [-0.39, 0.29) is 5.78 Å². The van der Waals surface area contributed by atoms with Gasteiger partial charge < -0.3 is 9.88 Å². The Morgan fingerprint density at radius 1 is 0.973 bits per heavy atom. The van der Waals surface area contributed by atoms with Gasteiger partial charge in [0.05, 0.1) is 5.69 Å². The van der Waals surface area contributed by atoms with Gasteiger partial charge in [0.2, 0.25) is 0 Å². The Morgan fingerprint density at radius 2 is 1.73 bits per heavy atom. The summed E-state index contributed by atoms with van der Waals surface area (Å²) in [5, 5.41) is 1.24. The predicted octanol–water partition coefficient (Wildman–Crippen LogP) is 8.02. The number of H-pyrrole nitrogens is 1. The number of pyridine rings is 1. The van der Waals surface area contributed by atoms with Gasteiger partial charge in [-0.25, -0.2) is 0 Å². The summed E-state index contributed by atoms with van der Waals surface area (Å²) in [6.45, 7) is 13.2. The van der Waals surface area contributed by atoms with E-state index in [2.05, 4.69) is 85.0 Å². The molecular formula is C33H39N3O. The smallest absolute Gasteiger partial charge is 0.163 e. The summed E-state index contributed by atoms with van der Waals surface area (Å²) >= 11 is 0. The second-order valence-electron chi connectivity index (χ2n) is 11.3. The van der Waals surface area contributed by atoms with Crippen LogP contribution in [0.15, 0.2) is 60.8 Å². The maximum Gasteiger partial charge on any atom is 0.163 e. The number of likely N-dealkylation sites (tertiary alicyclic amines) is 1. The van der Waals surface area contributed by atoms with Crippen LogP contribution in [-0.4, -0.2) is 39.8 Å². The molecule has 0 amide bonds. The van der Waals surface area contributed by atoms with Crippen LogP contribution in [0.4, 0.5) is 0 Å². The number of ketones is 1. The number of carbonyl (C=O) groups is 1. The van der Waals surface area contributed by atoms with E-state index in [4.69, 9.17) is 0 Å². The lowest BCUT2D eigenvalue weighted by molar-refractivity contribution is 0.0912. The van der Waals surface area contributed by atoms with Crippen LogP contribution in [0.25, 0.3) is 33.3 Å². The molecule has 0 spiro atoms. The molecule has 0 bridgehead atoms. The zero-order chi connectivity index (χ0) is 26.1. The number of fused-ring (bicyclic) bond motifs is 1. The number of piperidine rings is 1. The van der Waals surface area contributed by atoms with E-state index < -0.39 is 0 Å². The van der Waals surface area contributed by atoms with E-state index in [1.54, 1.807) is 0 Å². The van der Waals surface area contributed by atoms with Crippen LogP contribution >= 0.6 is 0 Å². The molecule has 3 heterocycles. The average Bonchev–Trinajstić information content (AvgIpc) is 3.28. The normalized spacial score (nSPS) is 15.2. The standard InChI is InChI=1S/C33H39N3O/c1-21(2)32-29-20-26(9-10-30(29)35-33(32)28-11-14-34-23(5)17-28)25-7-6-8-27(19-25)31(37)18-24-12-15-36(16-13-24)22(3)4/h6-11,14,17,19-22,24,35H,12-13,15-16,18H2,1-5H3. The number of Topliss-reactive ketones (excluding diaryl/α,β-unsaturated/α-hetero) is 1. The summed E-state index contributed by atoms with van der Waals surface area (Å²) in [5.41, 5.74) is 8.87. The first-order chi connectivity index (χ1) is 17.8. The molecule has 192 valence electrons. The Labute approximate surface area is 221 Å². The van der Waals surface area contributed by atoms with E-state index in [0.717, 1.165) is 53.8 Å². The van der Waals surface area contributed by atoms with Crippen molar-refractivity contribution in [2.75, 3.05) is 13.1 Å². The molecule has 5 rings (SSSR count). The fourth-order valence-corrected chi connectivity index (χ4v) is 5.85. The van der Waals surface area contributed by atoms with Gasteiger partial charge in [-0.3, -0.25) is 9.78 Å². The van der Waals surface area contributed by atoms with Crippen molar-refractivity contribution in [2.24, 2.45) is 5.92 Å². The first-order valence-electron chi connectivity index (χ1n) is 13.8. The largest absolute Gasteiger partial charge is 0.354 e. The molecule has 2 aromatic carbocycles. The zero-order valence-corrected chi connectivity index (χ0v) is 22.8. The van der Waals surface area contributed by atoms with Crippen LogP contribution in [0.5, 0.6) is 0 Å². The minimum absolute atomic E-state index is 0.269. The molecule has 2 aromatic heterocycles. The highest BCUT2D eigenvalue weighted by Gasteiger charge is 2.23. The molecule has 0 radical (unpaired) electrons. The Kier molecular flexibility index (Phi) is 7.30. The molecule has 1 fully saturated rings. The summed E-state index contributed by atoms with van der Waals surface area (Å²) in [4.78, 5) is 23.8. The molecule has 4 nitrogen and oxygen atoms in total. The molecular weight excluding hydrogens is 454 g/mol. The average molecular weight is 494 g/mol. The van der Waals surface area contributed by atoms with E-state index >= 15 is 0 Å². The molecule has 1 aliphatic rings. The van der Waals surface area contributed by atoms with Crippen molar-refractivity contribution in [2.45, 2.75) is 65.8 Å². The first kappa shape index (κ1) is 25.4. The van der Waals surface area contributed by atoms with Gasteiger partial charge in [0.15, 0.2) is 5.78 Å². The second kappa shape index (κ2) is 10.6. The number of aromatic amines is 1. The quantitative estimate of drug-likeness (QED) is 0.265. The van der Waals surface area contributed by atoms with Crippen molar-refractivity contribution < 1.29 is 4.79 Å². The third kappa shape index (κ3) is 5.40. The number of nitrogens with zero attached hydrogens (tertiary/aromatic N) is 2. The topological polar surface area (TPSA) is 49.0 Å². The molecule has 1 aliphatic heterocycles. The van der Waals surface area contributed by atoms with Gasteiger partial charge >= 0.3 is 0 Å². The summed E-state index contributed by atoms with van der Waals surface area (Å²) in [6.07, 6.45) is 4.76. The summed E-state index contributed by atoms with van der Waals surface area (Å²) < 4.78 is 0. The summed E-state index contributed by atoms with van der Waals surface area (Å²) in [5.74, 6) is 1.12. The Balaban J connectivity index is 1.42. The molecule has 0 saturated carbocycles. The number of aromatic nitrogens is 2. The zero-order valence-electron chi connectivity index (χ0n) is 22.8. The lowest BCUT2D eigenvalue weighted by Gasteiger charge is -2.34. The number of hydrogen-bond donors (Lipinski definition) is 1. The van der Waals surface area contributed by atoms with Crippen LogP contribution in [0, 0.1) is 12.8 Å². The fraction of sp³-hybridized carbons (Fsp3) is 0.394. The van der Waals surface area contributed by atoms with E-state index in [9.17, 15) is 4.79 Å². The molecule has 0 aliphatic carbocycles. The van der Waals surface area contributed by atoms with Crippen molar-refractivity contribution in [3.63, 3.8) is 0 Å². The number of hydrogen-bond acceptors (Lipinski definition) is 3. The minimum Gasteiger partial charge on any atom is -0.354 e. The van der Waals surface area contributed by atoms with E-state index in [1.807, 2.05) is 25.3 Å². The Bertz CT molecular complexity index is 1410. The molecule has 37 heavy (non-hydrogen) atoms. The van der Waals surface area contributed by atoms with Crippen molar-refractivity contribution in [1.82, 2.24) is 14.9 Å². The van der Waals surface area contributed by atoms with Gasteiger partial charge in [-0.15, -0.1) is 0 Å². The van der Waals surface area contributed by atoms with Crippen LogP contribution in [-0.2, 0) is 0 Å². The van der Waals surface area contributed by atoms with Crippen molar-refractivity contribution >= 4 is 16.7 Å². The Hall–Kier alpha value is -3.24. The van der Waals surface area contributed by atoms with Gasteiger partial charge in [-0.2, -0.15) is 0 Å². The molecule has 1 N–H and O–H groups in total. The fourth-order valence-electron chi connectivity index (χ4n) is 5.85. The number of rotatable bonds is 7. The van der Waals surface area contributed by atoms with E-state index in [1.165, 1.54) is 22.2 Å². The highest BCUT2D eigenvalue weighted by molar-refractivity contribution is 5.98. The van der Waals surface area contributed by atoms with Crippen LogP contribution in [0.2, 0.25) is 0 Å². The SMILES string of the molecule is Cc1cc(-c2[nH]c3ccc(-c4cccc(C(=O)CC5CCN(C(C)C)CC5)c4)cc3c2C(C)C)ccn1. The van der Waals surface area contributed by atoms with Crippen molar-refractivity contribution in [3.8, 4) is 22.4 Å². The van der Waals surface area contributed by atoms with Crippen molar-refractivity contribution in [3.05, 3.63) is 77.6 Å². The lowest BCUT2D eigenvalue weighted by atomic mass is 9.88. The Morgan fingerprint density at radius 3 is 2.43 bits per heavy atom. The lowest BCUT2D eigenvalue weighted by Crippen LogP contribution is -2.38. The first-order valence-corrected chi connectivity index (χ1v) is 13.8. The maximum absolute atomic E-state index is 13.2. The van der Waals surface area contributed by atoms with Gasteiger partial charge in [0.1, 0.15) is 0 Å².